The SMILES string of the molecule is Cc1ccc(N)c(C(=O)NCCCN2CCCC2)c1. The van der Waals surface area contributed by atoms with Crippen LogP contribution in [0.4, 0.5) is 5.69 Å². The molecule has 1 heterocycles. The van der Waals surface area contributed by atoms with E-state index in [1.54, 1.807) is 6.07 Å². The van der Waals surface area contributed by atoms with Gasteiger partial charge in [-0.3, -0.25) is 4.79 Å². The predicted octanol–water partition coefficient (Wildman–Crippen LogP) is 1.79. The molecule has 0 saturated carbocycles. The standard InChI is InChI=1S/C15H23N3O/c1-12-5-6-14(16)13(11-12)15(19)17-7-4-10-18-8-2-3-9-18/h5-6,11H,2-4,7-10,16H2,1H3,(H,17,19). The molecule has 0 spiro atoms. The minimum atomic E-state index is -0.0670. The average molecular weight is 261 g/mol. The number of hydrogen-bond donors (Lipinski definition) is 2. The Balaban J connectivity index is 1.75. The highest BCUT2D eigenvalue weighted by molar-refractivity contribution is 5.99. The summed E-state index contributed by atoms with van der Waals surface area (Å²) >= 11 is 0. The molecule has 1 saturated heterocycles. The minimum Gasteiger partial charge on any atom is -0.398 e. The van der Waals surface area contributed by atoms with Gasteiger partial charge in [0.05, 0.1) is 5.56 Å². The van der Waals surface area contributed by atoms with E-state index in [0.717, 1.165) is 18.5 Å². The maximum atomic E-state index is 12.0. The maximum Gasteiger partial charge on any atom is 0.253 e. The highest BCUT2D eigenvalue weighted by Gasteiger charge is 2.12. The molecule has 0 bridgehead atoms. The lowest BCUT2D eigenvalue weighted by molar-refractivity contribution is 0.0953. The van der Waals surface area contributed by atoms with Crippen LogP contribution in [0.5, 0.6) is 0 Å². The van der Waals surface area contributed by atoms with Crippen molar-refractivity contribution in [3.05, 3.63) is 29.3 Å². The number of nitrogens with two attached hydrogens (primary N) is 1. The zero-order chi connectivity index (χ0) is 13.7. The molecule has 0 unspecified atom stereocenters. The van der Waals surface area contributed by atoms with Crippen LogP contribution in [0.2, 0.25) is 0 Å². The number of nitrogens with zero attached hydrogens (tertiary/aromatic N) is 1. The van der Waals surface area contributed by atoms with Gasteiger partial charge < -0.3 is 16.0 Å². The number of nitrogens with one attached hydrogen (secondary N) is 1. The third-order valence-corrected chi connectivity index (χ3v) is 3.59. The van der Waals surface area contributed by atoms with Crippen molar-refractivity contribution in [1.82, 2.24) is 10.2 Å². The number of carbonyl (C=O) groups is 1. The molecule has 104 valence electrons. The summed E-state index contributed by atoms with van der Waals surface area (Å²) in [6.07, 6.45) is 3.62. The number of nitrogen functional groups attached to an aromatic ring is 1. The van der Waals surface area contributed by atoms with Crippen molar-refractivity contribution in [1.29, 1.82) is 0 Å². The molecule has 0 radical (unpaired) electrons. The van der Waals surface area contributed by atoms with E-state index >= 15 is 0 Å². The lowest BCUT2D eigenvalue weighted by Gasteiger charge is -2.14. The molecule has 0 aliphatic carbocycles. The van der Waals surface area contributed by atoms with Crippen LogP contribution >= 0.6 is 0 Å². The van der Waals surface area contributed by atoms with Crippen molar-refractivity contribution >= 4 is 11.6 Å². The summed E-state index contributed by atoms with van der Waals surface area (Å²) in [5, 5.41) is 2.95. The largest absolute Gasteiger partial charge is 0.398 e. The maximum absolute atomic E-state index is 12.0. The Labute approximate surface area is 115 Å². The molecule has 1 amide bonds. The molecular weight excluding hydrogens is 238 g/mol. The molecule has 1 fully saturated rings. The predicted molar refractivity (Wildman–Crippen MR) is 78.2 cm³/mol. The molecular formula is C15H23N3O. The molecule has 1 aromatic rings. The Morgan fingerprint density at radius 2 is 2.11 bits per heavy atom. The highest BCUT2D eigenvalue weighted by Crippen LogP contribution is 2.13. The second kappa shape index (κ2) is 6.57. The molecule has 3 N–H and O–H groups in total. The van der Waals surface area contributed by atoms with Crippen LogP contribution in [0.25, 0.3) is 0 Å². The first kappa shape index (κ1) is 13.9. The van der Waals surface area contributed by atoms with Gasteiger partial charge in [-0.25, -0.2) is 0 Å². The van der Waals surface area contributed by atoms with E-state index in [0.29, 0.717) is 17.8 Å². The number of rotatable bonds is 5. The van der Waals surface area contributed by atoms with Gasteiger partial charge in [0, 0.05) is 12.2 Å². The molecule has 19 heavy (non-hydrogen) atoms. The van der Waals surface area contributed by atoms with Crippen molar-refractivity contribution in [3.63, 3.8) is 0 Å². The number of carbonyl (C=O) groups excluding carboxylic acids is 1. The van der Waals surface area contributed by atoms with E-state index in [-0.39, 0.29) is 5.91 Å². The second-order valence-electron chi connectivity index (χ2n) is 5.25. The number of likely N-dealkylation sites (tertiary alicyclic amines) is 1. The van der Waals surface area contributed by atoms with Gasteiger partial charge >= 0.3 is 0 Å². The Hall–Kier alpha value is -1.55. The summed E-state index contributed by atoms with van der Waals surface area (Å²) < 4.78 is 0. The van der Waals surface area contributed by atoms with Gasteiger partial charge in [-0.15, -0.1) is 0 Å². The summed E-state index contributed by atoms with van der Waals surface area (Å²) in [4.78, 5) is 14.5. The quantitative estimate of drug-likeness (QED) is 0.627. The van der Waals surface area contributed by atoms with E-state index in [1.165, 1.54) is 25.9 Å². The van der Waals surface area contributed by atoms with Gasteiger partial charge in [-0.2, -0.15) is 0 Å². The first-order valence-corrected chi connectivity index (χ1v) is 7.03. The van der Waals surface area contributed by atoms with Crippen LogP contribution in [0.3, 0.4) is 0 Å². The fourth-order valence-corrected chi connectivity index (χ4v) is 2.47. The van der Waals surface area contributed by atoms with Crippen molar-refractivity contribution in [2.24, 2.45) is 0 Å². The smallest absolute Gasteiger partial charge is 0.253 e. The Kier molecular flexibility index (Phi) is 4.80. The van der Waals surface area contributed by atoms with Crippen molar-refractivity contribution < 1.29 is 4.79 Å². The molecule has 1 aliphatic heterocycles. The summed E-state index contributed by atoms with van der Waals surface area (Å²) in [6, 6.07) is 5.54. The van der Waals surface area contributed by atoms with Gasteiger partial charge in [0.2, 0.25) is 0 Å². The molecule has 0 atom stereocenters. The van der Waals surface area contributed by atoms with Crippen molar-refractivity contribution in [2.45, 2.75) is 26.2 Å². The highest BCUT2D eigenvalue weighted by atomic mass is 16.1. The molecule has 0 aromatic heterocycles. The normalized spacial score (nSPS) is 15.6. The lowest BCUT2D eigenvalue weighted by Crippen LogP contribution is -2.29. The number of hydrogen-bond acceptors (Lipinski definition) is 3. The molecule has 1 aromatic carbocycles. The number of aryl methyl sites for hydroxylation is 1. The summed E-state index contributed by atoms with van der Waals surface area (Å²) in [5.74, 6) is -0.0670. The fourth-order valence-electron chi connectivity index (χ4n) is 2.47. The number of amides is 1. The van der Waals surface area contributed by atoms with Crippen LogP contribution in [0.15, 0.2) is 18.2 Å². The second-order valence-corrected chi connectivity index (χ2v) is 5.25. The zero-order valence-electron chi connectivity index (χ0n) is 11.6. The average Bonchev–Trinajstić information content (AvgIpc) is 2.90. The Bertz CT molecular complexity index is 439. The first-order chi connectivity index (χ1) is 9.16. The first-order valence-electron chi connectivity index (χ1n) is 7.03. The Morgan fingerprint density at radius 1 is 1.37 bits per heavy atom. The van der Waals surface area contributed by atoms with Crippen LogP contribution < -0.4 is 11.1 Å². The van der Waals surface area contributed by atoms with Gasteiger partial charge in [0.25, 0.3) is 5.91 Å². The third-order valence-electron chi connectivity index (χ3n) is 3.59. The van der Waals surface area contributed by atoms with E-state index in [4.69, 9.17) is 5.73 Å². The van der Waals surface area contributed by atoms with Crippen LogP contribution in [-0.2, 0) is 0 Å². The van der Waals surface area contributed by atoms with Crippen LogP contribution in [0, 0.1) is 6.92 Å². The van der Waals surface area contributed by atoms with Gasteiger partial charge in [0.15, 0.2) is 0 Å². The van der Waals surface area contributed by atoms with Crippen molar-refractivity contribution in [2.75, 3.05) is 31.9 Å². The fraction of sp³-hybridized carbons (Fsp3) is 0.533. The summed E-state index contributed by atoms with van der Waals surface area (Å²) in [5.41, 5.74) is 8.01. The van der Waals surface area contributed by atoms with Gasteiger partial charge in [-0.1, -0.05) is 11.6 Å². The molecule has 1 aliphatic rings. The number of benzene rings is 1. The molecule has 2 rings (SSSR count). The summed E-state index contributed by atoms with van der Waals surface area (Å²) in [7, 11) is 0. The van der Waals surface area contributed by atoms with Gasteiger partial charge in [-0.05, 0) is 58.0 Å². The lowest BCUT2D eigenvalue weighted by atomic mass is 10.1. The monoisotopic (exact) mass is 261 g/mol. The van der Waals surface area contributed by atoms with Gasteiger partial charge in [0.1, 0.15) is 0 Å². The molecule has 4 heteroatoms. The topological polar surface area (TPSA) is 58.4 Å². The Morgan fingerprint density at radius 3 is 2.84 bits per heavy atom. The third kappa shape index (κ3) is 3.96. The summed E-state index contributed by atoms with van der Waals surface area (Å²) in [6.45, 7) is 6.16. The van der Waals surface area contributed by atoms with Crippen molar-refractivity contribution in [3.8, 4) is 0 Å². The number of anilines is 1. The zero-order valence-corrected chi connectivity index (χ0v) is 11.6. The van der Waals surface area contributed by atoms with E-state index < -0.39 is 0 Å². The molecule has 4 nitrogen and oxygen atoms in total. The minimum absolute atomic E-state index is 0.0670. The van der Waals surface area contributed by atoms with E-state index in [2.05, 4.69) is 10.2 Å². The van der Waals surface area contributed by atoms with E-state index in [9.17, 15) is 4.79 Å². The van der Waals surface area contributed by atoms with Crippen LogP contribution in [-0.4, -0.2) is 37.0 Å². The van der Waals surface area contributed by atoms with E-state index in [1.807, 2.05) is 19.1 Å². The van der Waals surface area contributed by atoms with Crippen LogP contribution in [0.1, 0.15) is 35.2 Å².